The Morgan fingerprint density at radius 3 is 2.71 bits per heavy atom. The Morgan fingerprint density at radius 1 is 1.18 bits per heavy atom. The third kappa shape index (κ3) is 4.79. The first-order chi connectivity index (χ1) is 13.7. The van der Waals surface area contributed by atoms with E-state index in [1.165, 1.54) is 0 Å². The number of anilines is 2. The van der Waals surface area contributed by atoms with Crippen molar-refractivity contribution in [1.82, 2.24) is 4.98 Å². The number of amides is 1. The van der Waals surface area contributed by atoms with Crippen LogP contribution in [0.5, 0.6) is 0 Å². The highest BCUT2D eigenvalue weighted by atomic mass is 79.9. The van der Waals surface area contributed by atoms with Gasteiger partial charge in [-0.3, -0.25) is 4.79 Å². The summed E-state index contributed by atoms with van der Waals surface area (Å²) in [7, 11) is 0. The average Bonchev–Trinajstić information content (AvgIpc) is 3.17. The van der Waals surface area contributed by atoms with E-state index in [1.807, 2.05) is 53.9 Å². The second-order valence-electron chi connectivity index (χ2n) is 6.53. The highest BCUT2D eigenvalue weighted by Gasteiger charge is 2.12. The van der Waals surface area contributed by atoms with Gasteiger partial charge in [0, 0.05) is 39.9 Å². The monoisotopic (exact) mass is 457 g/mol. The lowest BCUT2D eigenvalue weighted by Crippen LogP contribution is -2.36. The predicted octanol–water partition coefficient (Wildman–Crippen LogP) is 4.59. The molecule has 1 N–H and O–H groups in total. The van der Waals surface area contributed by atoms with Crippen LogP contribution in [0.15, 0.2) is 58.4 Å². The molecule has 2 aromatic carbocycles. The third-order valence-corrected chi connectivity index (χ3v) is 5.93. The molecule has 3 aromatic rings. The van der Waals surface area contributed by atoms with E-state index < -0.39 is 0 Å². The van der Waals surface area contributed by atoms with Crippen LogP contribution in [0.25, 0.3) is 10.6 Å². The van der Waals surface area contributed by atoms with E-state index in [-0.39, 0.29) is 12.3 Å². The maximum Gasteiger partial charge on any atom is 0.230 e. The maximum absolute atomic E-state index is 12.4. The van der Waals surface area contributed by atoms with Crippen LogP contribution in [0.2, 0.25) is 0 Å². The second kappa shape index (κ2) is 8.86. The van der Waals surface area contributed by atoms with Gasteiger partial charge < -0.3 is 15.0 Å². The fourth-order valence-corrected chi connectivity index (χ4v) is 4.31. The van der Waals surface area contributed by atoms with Crippen LogP contribution in [0.4, 0.5) is 11.4 Å². The highest BCUT2D eigenvalue weighted by molar-refractivity contribution is 9.10. The number of nitrogens with one attached hydrogen (secondary N) is 1. The summed E-state index contributed by atoms with van der Waals surface area (Å²) in [6.45, 7) is 3.31. The minimum Gasteiger partial charge on any atom is -0.378 e. The first kappa shape index (κ1) is 19.1. The van der Waals surface area contributed by atoms with Crippen molar-refractivity contribution >= 4 is 44.5 Å². The summed E-state index contributed by atoms with van der Waals surface area (Å²) in [5, 5.41) is 5.81. The minimum atomic E-state index is -0.0646. The number of hydrogen-bond donors (Lipinski definition) is 1. The third-order valence-electron chi connectivity index (χ3n) is 4.49. The molecule has 144 valence electrons. The number of halogens is 1. The largest absolute Gasteiger partial charge is 0.378 e. The summed E-state index contributed by atoms with van der Waals surface area (Å²) in [6.07, 6.45) is 0.260. The molecule has 0 spiro atoms. The number of carbonyl (C=O) groups excluding carboxylic acids is 1. The van der Waals surface area contributed by atoms with Gasteiger partial charge in [0.15, 0.2) is 0 Å². The number of nitrogens with zero attached hydrogens (tertiary/aromatic N) is 2. The molecule has 0 atom stereocenters. The molecule has 1 saturated heterocycles. The molecule has 1 aromatic heterocycles. The lowest BCUT2D eigenvalue weighted by molar-refractivity contribution is -0.115. The van der Waals surface area contributed by atoms with Crippen molar-refractivity contribution in [3.63, 3.8) is 0 Å². The molecule has 0 bridgehead atoms. The molecule has 0 radical (unpaired) electrons. The van der Waals surface area contributed by atoms with Gasteiger partial charge >= 0.3 is 0 Å². The van der Waals surface area contributed by atoms with Gasteiger partial charge in [-0.1, -0.05) is 28.1 Å². The molecule has 28 heavy (non-hydrogen) atoms. The van der Waals surface area contributed by atoms with Gasteiger partial charge in [0.05, 0.1) is 25.3 Å². The summed E-state index contributed by atoms with van der Waals surface area (Å²) in [6, 6.07) is 16.0. The molecular formula is C21H20BrN3O2S. The van der Waals surface area contributed by atoms with Crippen LogP contribution in [0.1, 0.15) is 5.69 Å². The van der Waals surface area contributed by atoms with E-state index in [0.717, 1.165) is 58.4 Å². The van der Waals surface area contributed by atoms with Crippen molar-refractivity contribution in [1.29, 1.82) is 0 Å². The molecule has 0 saturated carbocycles. The van der Waals surface area contributed by atoms with Crippen molar-refractivity contribution in [3.8, 4) is 10.6 Å². The van der Waals surface area contributed by atoms with Gasteiger partial charge in [-0.05, 0) is 36.4 Å². The van der Waals surface area contributed by atoms with E-state index in [4.69, 9.17) is 4.74 Å². The van der Waals surface area contributed by atoms with E-state index in [2.05, 4.69) is 31.1 Å². The molecule has 5 nitrogen and oxygen atoms in total. The van der Waals surface area contributed by atoms with E-state index in [9.17, 15) is 4.79 Å². The predicted molar refractivity (Wildman–Crippen MR) is 117 cm³/mol. The van der Waals surface area contributed by atoms with Gasteiger partial charge in [0.25, 0.3) is 0 Å². The number of carbonyl (C=O) groups is 1. The molecule has 1 amide bonds. The molecular weight excluding hydrogens is 438 g/mol. The Kier molecular flexibility index (Phi) is 6.04. The zero-order valence-corrected chi connectivity index (χ0v) is 17.6. The Bertz CT molecular complexity index is 952. The number of benzene rings is 2. The van der Waals surface area contributed by atoms with Crippen molar-refractivity contribution in [3.05, 3.63) is 64.1 Å². The number of rotatable bonds is 5. The zero-order valence-electron chi connectivity index (χ0n) is 15.2. The summed E-state index contributed by atoms with van der Waals surface area (Å²) >= 11 is 5.03. The lowest BCUT2D eigenvalue weighted by atomic mass is 10.2. The van der Waals surface area contributed by atoms with E-state index in [1.54, 1.807) is 11.3 Å². The van der Waals surface area contributed by atoms with Crippen LogP contribution in [0.3, 0.4) is 0 Å². The minimum absolute atomic E-state index is 0.0646. The first-order valence-electron chi connectivity index (χ1n) is 9.10. The smallest absolute Gasteiger partial charge is 0.230 e. The number of aromatic nitrogens is 1. The van der Waals surface area contributed by atoms with E-state index in [0.29, 0.717) is 0 Å². The quantitative estimate of drug-likeness (QED) is 0.608. The van der Waals surface area contributed by atoms with Crippen molar-refractivity contribution in [2.24, 2.45) is 0 Å². The standard InChI is InChI=1S/C21H20BrN3O2S/c22-16-3-1-2-15(12-16)21-24-18(14-28-21)13-20(26)23-17-4-6-19(7-5-17)25-8-10-27-11-9-25/h1-7,12,14H,8-11,13H2,(H,23,26). The fraction of sp³-hybridized carbons (Fsp3) is 0.238. The summed E-state index contributed by atoms with van der Waals surface area (Å²) in [5.41, 5.74) is 3.77. The first-order valence-corrected chi connectivity index (χ1v) is 10.8. The molecule has 0 unspecified atom stereocenters. The lowest BCUT2D eigenvalue weighted by Gasteiger charge is -2.28. The maximum atomic E-state index is 12.4. The van der Waals surface area contributed by atoms with Crippen molar-refractivity contribution < 1.29 is 9.53 Å². The number of morpholine rings is 1. The van der Waals surface area contributed by atoms with Crippen LogP contribution in [-0.2, 0) is 16.0 Å². The number of thiazole rings is 1. The fourth-order valence-electron chi connectivity index (χ4n) is 3.09. The average molecular weight is 458 g/mol. The Labute approximate surface area is 176 Å². The Hall–Kier alpha value is -2.22. The molecule has 4 rings (SSSR count). The number of ether oxygens (including phenoxy) is 1. The SMILES string of the molecule is O=C(Cc1csc(-c2cccc(Br)c2)n1)Nc1ccc(N2CCOCC2)cc1. The van der Waals surface area contributed by atoms with Crippen LogP contribution in [-0.4, -0.2) is 37.2 Å². The molecule has 1 aliphatic rings. The van der Waals surface area contributed by atoms with Crippen LogP contribution >= 0.6 is 27.3 Å². The number of hydrogen-bond acceptors (Lipinski definition) is 5. The Morgan fingerprint density at radius 2 is 1.96 bits per heavy atom. The summed E-state index contributed by atoms with van der Waals surface area (Å²) in [4.78, 5) is 19.3. The zero-order chi connectivity index (χ0) is 19.3. The molecule has 2 heterocycles. The van der Waals surface area contributed by atoms with Crippen LogP contribution in [0, 0.1) is 0 Å². The van der Waals surface area contributed by atoms with Crippen LogP contribution < -0.4 is 10.2 Å². The normalized spacial score (nSPS) is 14.1. The van der Waals surface area contributed by atoms with Gasteiger partial charge in [-0.2, -0.15) is 0 Å². The van der Waals surface area contributed by atoms with Gasteiger partial charge in [0.2, 0.25) is 5.91 Å². The Balaban J connectivity index is 1.35. The van der Waals surface area contributed by atoms with Gasteiger partial charge in [0.1, 0.15) is 5.01 Å². The molecule has 1 fully saturated rings. The van der Waals surface area contributed by atoms with Crippen molar-refractivity contribution in [2.75, 3.05) is 36.5 Å². The molecule has 0 aliphatic carbocycles. The van der Waals surface area contributed by atoms with Gasteiger partial charge in [-0.25, -0.2) is 4.98 Å². The summed E-state index contributed by atoms with van der Waals surface area (Å²) < 4.78 is 6.40. The van der Waals surface area contributed by atoms with E-state index >= 15 is 0 Å². The van der Waals surface area contributed by atoms with Gasteiger partial charge in [-0.15, -0.1) is 11.3 Å². The second-order valence-corrected chi connectivity index (χ2v) is 8.30. The molecule has 7 heteroatoms. The highest BCUT2D eigenvalue weighted by Crippen LogP contribution is 2.26. The van der Waals surface area contributed by atoms with Crippen molar-refractivity contribution in [2.45, 2.75) is 6.42 Å². The molecule has 1 aliphatic heterocycles. The topological polar surface area (TPSA) is 54.5 Å². The summed E-state index contributed by atoms with van der Waals surface area (Å²) in [5.74, 6) is -0.0646.